The molecule has 4 rings (SSSR count). The molecule has 0 radical (unpaired) electrons. The fourth-order valence-corrected chi connectivity index (χ4v) is 3.54. The zero-order valence-corrected chi connectivity index (χ0v) is 15.2. The second kappa shape index (κ2) is 8.03. The lowest BCUT2D eigenvalue weighted by Crippen LogP contribution is -2.32. The van der Waals surface area contributed by atoms with Crippen LogP contribution in [0.2, 0.25) is 0 Å². The van der Waals surface area contributed by atoms with E-state index < -0.39 is 0 Å². The number of carbonyl (C=O) groups is 1. The standard InChI is InChI=1S/C21H23N5O/c27-21(24-16-8-2-1-3-9-16)23-14-15-26-19-12-5-4-10-17(19)20(25-26)18-11-6-7-13-22-18/h1-3,6-9,11,13H,4-5,10,12,14-15H2,(H2,23,24,27). The summed E-state index contributed by atoms with van der Waals surface area (Å²) in [5.41, 5.74) is 5.29. The molecule has 0 fully saturated rings. The van der Waals surface area contributed by atoms with Crippen LogP contribution in [0, 0.1) is 0 Å². The van der Waals surface area contributed by atoms with Gasteiger partial charge in [-0.15, -0.1) is 0 Å². The van der Waals surface area contributed by atoms with Crippen molar-refractivity contribution in [3.63, 3.8) is 0 Å². The Kier molecular flexibility index (Phi) is 5.14. The van der Waals surface area contributed by atoms with Crippen molar-refractivity contribution in [2.45, 2.75) is 32.2 Å². The minimum absolute atomic E-state index is 0.202. The molecule has 6 heteroatoms. The summed E-state index contributed by atoms with van der Waals surface area (Å²) in [6, 6.07) is 15.2. The van der Waals surface area contributed by atoms with E-state index in [2.05, 4.69) is 15.6 Å². The number of hydrogen-bond acceptors (Lipinski definition) is 3. The molecule has 0 spiro atoms. The van der Waals surface area contributed by atoms with Crippen molar-refractivity contribution >= 4 is 11.7 Å². The van der Waals surface area contributed by atoms with Gasteiger partial charge in [-0.1, -0.05) is 24.3 Å². The topological polar surface area (TPSA) is 71.8 Å². The normalized spacial score (nSPS) is 13.0. The third-order valence-corrected chi connectivity index (χ3v) is 4.81. The summed E-state index contributed by atoms with van der Waals surface area (Å²) in [4.78, 5) is 16.5. The van der Waals surface area contributed by atoms with E-state index in [0.29, 0.717) is 13.1 Å². The van der Waals surface area contributed by atoms with Crippen LogP contribution in [0.5, 0.6) is 0 Å². The molecule has 0 saturated carbocycles. The molecule has 0 unspecified atom stereocenters. The summed E-state index contributed by atoms with van der Waals surface area (Å²) < 4.78 is 2.04. The first kappa shape index (κ1) is 17.3. The monoisotopic (exact) mass is 361 g/mol. The average Bonchev–Trinajstić information content (AvgIpc) is 3.08. The van der Waals surface area contributed by atoms with Gasteiger partial charge in [-0.25, -0.2) is 4.79 Å². The summed E-state index contributed by atoms with van der Waals surface area (Å²) >= 11 is 0. The van der Waals surface area contributed by atoms with Gasteiger partial charge in [-0.3, -0.25) is 9.67 Å². The molecule has 2 heterocycles. The van der Waals surface area contributed by atoms with Gasteiger partial charge in [0.25, 0.3) is 0 Å². The maximum Gasteiger partial charge on any atom is 0.319 e. The van der Waals surface area contributed by atoms with Crippen LogP contribution in [0.1, 0.15) is 24.1 Å². The lowest BCUT2D eigenvalue weighted by molar-refractivity contribution is 0.251. The fraction of sp³-hybridized carbons (Fsp3) is 0.286. The average molecular weight is 361 g/mol. The molecule has 6 nitrogen and oxygen atoms in total. The van der Waals surface area contributed by atoms with Crippen molar-refractivity contribution in [3.8, 4) is 11.4 Å². The lowest BCUT2D eigenvalue weighted by atomic mass is 9.95. The first-order chi connectivity index (χ1) is 13.3. The van der Waals surface area contributed by atoms with Gasteiger partial charge in [-0.05, 0) is 49.9 Å². The highest BCUT2D eigenvalue weighted by Crippen LogP contribution is 2.30. The molecule has 1 aliphatic rings. The highest BCUT2D eigenvalue weighted by atomic mass is 16.2. The zero-order chi connectivity index (χ0) is 18.5. The summed E-state index contributed by atoms with van der Waals surface area (Å²) in [5.74, 6) is 0. The smallest absolute Gasteiger partial charge is 0.319 e. The third-order valence-electron chi connectivity index (χ3n) is 4.81. The van der Waals surface area contributed by atoms with Gasteiger partial charge in [0.05, 0.1) is 12.2 Å². The van der Waals surface area contributed by atoms with Gasteiger partial charge < -0.3 is 10.6 Å². The number of nitrogens with one attached hydrogen (secondary N) is 2. The number of carbonyl (C=O) groups excluding carboxylic acids is 1. The Morgan fingerprint density at radius 1 is 1.04 bits per heavy atom. The van der Waals surface area contributed by atoms with Gasteiger partial charge in [0.15, 0.2) is 0 Å². The molecule has 27 heavy (non-hydrogen) atoms. The molecule has 0 saturated heterocycles. The molecule has 1 aliphatic carbocycles. The van der Waals surface area contributed by atoms with Crippen molar-refractivity contribution in [3.05, 3.63) is 66.0 Å². The fourth-order valence-electron chi connectivity index (χ4n) is 3.54. The van der Waals surface area contributed by atoms with Crippen LogP contribution in [0.4, 0.5) is 10.5 Å². The van der Waals surface area contributed by atoms with Crippen molar-refractivity contribution < 1.29 is 4.79 Å². The predicted molar refractivity (Wildman–Crippen MR) is 106 cm³/mol. The number of benzene rings is 1. The van der Waals surface area contributed by atoms with E-state index in [-0.39, 0.29) is 6.03 Å². The molecule has 0 bridgehead atoms. The number of pyridine rings is 1. The van der Waals surface area contributed by atoms with E-state index >= 15 is 0 Å². The Balaban J connectivity index is 1.43. The summed E-state index contributed by atoms with van der Waals surface area (Å²) in [5, 5.41) is 10.6. The predicted octanol–water partition coefficient (Wildman–Crippen LogP) is 3.65. The van der Waals surface area contributed by atoms with Crippen LogP contribution in [-0.4, -0.2) is 27.3 Å². The quantitative estimate of drug-likeness (QED) is 0.729. The summed E-state index contributed by atoms with van der Waals surface area (Å²) in [7, 11) is 0. The number of rotatable bonds is 5. The van der Waals surface area contributed by atoms with Crippen LogP contribution in [0.15, 0.2) is 54.7 Å². The Labute approximate surface area is 158 Å². The Hall–Kier alpha value is -3.15. The maximum atomic E-state index is 12.1. The summed E-state index contributed by atoms with van der Waals surface area (Å²) in [6.07, 6.45) is 6.26. The van der Waals surface area contributed by atoms with E-state index in [1.165, 1.54) is 24.1 Å². The Morgan fingerprint density at radius 2 is 1.85 bits per heavy atom. The van der Waals surface area contributed by atoms with Gasteiger partial charge in [0.2, 0.25) is 0 Å². The minimum Gasteiger partial charge on any atom is -0.336 e. The Morgan fingerprint density at radius 3 is 2.67 bits per heavy atom. The van der Waals surface area contributed by atoms with Crippen molar-refractivity contribution in [2.24, 2.45) is 0 Å². The zero-order valence-electron chi connectivity index (χ0n) is 15.2. The molecule has 138 valence electrons. The van der Waals surface area contributed by atoms with E-state index in [1.54, 1.807) is 6.20 Å². The largest absolute Gasteiger partial charge is 0.336 e. The molecular weight excluding hydrogens is 338 g/mol. The number of amides is 2. The van der Waals surface area contributed by atoms with Crippen LogP contribution in [0.25, 0.3) is 11.4 Å². The van der Waals surface area contributed by atoms with E-state index in [9.17, 15) is 4.79 Å². The van der Waals surface area contributed by atoms with Gasteiger partial charge in [0, 0.05) is 29.7 Å². The second-order valence-corrected chi connectivity index (χ2v) is 6.67. The van der Waals surface area contributed by atoms with E-state index in [4.69, 9.17) is 5.10 Å². The highest BCUT2D eigenvalue weighted by Gasteiger charge is 2.22. The third kappa shape index (κ3) is 4.00. The first-order valence-electron chi connectivity index (χ1n) is 9.41. The number of urea groups is 1. The van der Waals surface area contributed by atoms with Gasteiger partial charge in [-0.2, -0.15) is 5.10 Å². The summed E-state index contributed by atoms with van der Waals surface area (Å²) in [6.45, 7) is 1.17. The molecule has 0 atom stereocenters. The Bertz CT molecular complexity index is 905. The number of hydrogen-bond donors (Lipinski definition) is 2. The van der Waals surface area contributed by atoms with Crippen LogP contribution in [-0.2, 0) is 19.4 Å². The lowest BCUT2D eigenvalue weighted by Gasteiger charge is -2.14. The van der Waals surface area contributed by atoms with Crippen molar-refractivity contribution in [1.29, 1.82) is 0 Å². The number of para-hydroxylation sites is 1. The number of fused-ring (bicyclic) bond motifs is 1. The molecule has 1 aromatic carbocycles. The van der Waals surface area contributed by atoms with E-state index in [1.807, 2.05) is 53.2 Å². The van der Waals surface area contributed by atoms with Crippen LogP contribution < -0.4 is 10.6 Å². The first-order valence-corrected chi connectivity index (χ1v) is 9.41. The van der Waals surface area contributed by atoms with Crippen molar-refractivity contribution in [2.75, 3.05) is 11.9 Å². The van der Waals surface area contributed by atoms with Gasteiger partial charge in [0.1, 0.15) is 5.69 Å². The van der Waals surface area contributed by atoms with Gasteiger partial charge >= 0.3 is 6.03 Å². The number of aromatic nitrogens is 3. The molecule has 2 amide bonds. The van der Waals surface area contributed by atoms with Crippen LogP contribution >= 0.6 is 0 Å². The molecule has 3 aromatic rings. The number of anilines is 1. The SMILES string of the molecule is O=C(NCCn1nc(-c2ccccn2)c2c1CCCC2)Nc1ccccc1. The maximum absolute atomic E-state index is 12.1. The molecule has 2 N–H and O–H groups in total. The van der Waals surface area contributed by atoms with E-state index in [0.717, 1.165) is 29.9 Å². The molecule has 2 aromatic heterocycles. The van der Waals surface area contributed by atoms with Crippen molar-refractivity contribution in [1.82, 2.24) is 20.1 Å². The molecular formula is C21H23N5O. The molecule has 0 aliphatic heterocycles. The van der Waals surface area contributed by atoms with Crippen LogP contribution in [0.3, 0.4) is 0 Å². The minimum atomic E-state index is -0.202. The highest BCUT2D eigenvalue weighted by molar-refractivity contribution is 5.89. The second-order valence-electron chi connectivity index (χ2n) is 6.67. The number of nitrogens with zero attached hydrogens (tertiary/aromatic N) is 3.